The molecule has 1 aromatic carbocycles. The number of benzene rings is 1. The molecule has 0 saturated carbocycles. The fraction of sp³-hybridized carbons (Fsp3) is 0.273. The van der Waals surface area contributed by atoms with Crippen molar-refractivity contribution in [2.45, 2.75) is 13.8 Å². The molecule has 90 valence electrons. The molecule has 0 radical (unpaired) electrons. The van der Waals surface area contributed by atoms with Crippen LogP contribution in [-0.2, 0) is 4.79 Å². The second kappa shape index (κ2) is 4.80. The first-order valence-corrected chi connectivity index (χ1v) is 6.61. The largest absolute Gasteiger partial charge is 0.302 e. The van der Waals surface area contributed by atoms with E-state index < -0.39 is 0 Å². The molecular weight excluding hydrogens is 279 g/mol. The number of fused-ring (bicyclic) bond motifs is 1. The molecule has 0 aliphatic rings. The van der Waals surface area contributed by atoms with Crippen LogP contribution in [0.2, 0.25) is 10.0 Å². The number of halogens is 2. The quantitative estimate of drug-likeness (QED) is 0.900. The maximum absolute atomic E-state index is 11.5. The smallest absolute Gasteiger partial charge is 0.228 e. The highest BCUT2D eigenvalue weighted by Crippen LogP contribution is 2.36. The van der Waals surface area contributed by atoms with Gasteiger partial charge in [-0.25, -0.2) is 4.98 Å². The average molecular weight is 289 g/mol. The number of carbonyl (C=O) groups is 1. The Morgan fingerprint density at radius 3 is 2.76 bits per heavy atom. The topological polar surface area (TPSA) is 42.0 Å². The molecule has 0 fully saturated rings. The number of hydrogen-bond acceptors (Lipinski definition) is 3. The van der Waals surface area contributed by atoms with Crippen molar-refractivity contribution in [3.8, 4) is 0 Å². The van der Waals surface area contributed by atoms with Gasteiger partial charge in [-0.3, -0.25) is 4.79 Å². The van der Waals surface area contributed by atoms with Crippen LogP contribution in [0.5, 0.6) is 0 Å². The molecular formula is C11H10Cl2N2OS. The summed E-state index contributed by atoms with van der Waals surface area (Å²) >= 11 is 13.3. The van der Waals surface area contributed by atoms with Crippen LogP contribution in [0.15, 0.2) is 12.1 Å². The van der Waals surface area contributed by atoms with Crippen LogP contribution in [0.4, 0.5) is 5.13 Å². The van der Waals surface area contributed by atoms with Gasteiger partial charge in [0.2, 0.25) is 5.91 Å². The Balaban J connectivity index is 2.39. The third kappa shape index (κ3) is 2.54. The number of rotatable bonds is 2. The van der Waals surface area contributed by atoms with E-state index in [4.69, 9.17) is 23.2 Å². The SMILES string of the molecule is CC(C)C(=O)Nc1nc2ccc(Cl)c(Cl)c2s1. The molecule has 0 atom stereocenters. The number of amides is 1. The van der Waals surface area contributed by atoms with Crippen molar-refractivity contribution in [3.05, 3.63) is 22.2 Å². The highest BCUT2D eigenvalue weighted by atomic mass is 35.5. The van der Waals surface area contributed by atoms with Crippen LogP contribution >= 0.6 is 34.5 Å². The third-order valence-electron chi connectivity index (χ3n) is 2.20. The summed E-state index contributed by atoms with van der Waals surface area (Å²) in [5.74, 6) is -0.146. The molecule has 0 unspecified atom stereocenters. The Morgan fingerprint density at radius 2 is 2.12 bits per heavy atom. The molecule has 1 amide bonds. The Labute approximate surface area is 113 Å². The summed E-state index contributed by atoms with van der Waals surface area (Å²) < 4.78 is 0.790. The molecule has 2 aromatic rings. The Hall–Kier alpha value is -0.840. The van der Waals surface area contributed by atoms with Gasteiger partial charge in [0.1, 0.15) is 0 Å². The molecule has 0 bridgehead atoms. The van der Waals surface area contributed by atoms with Crippen LogP contribution in [0.1, 0.15) is 13.8 Å². The first-order valence-electron chi connectivity index (χ1n) is 5.04. The molecule has 3 nitrogen and oxygen atoms in total. The number of anilines is 1. The van der Waals surface area contributed by atoms with E-state index in [9.17, 15) is 4.79 Å². The predicted octanol–water partition coefficient (Wildman–Crippen LogP) is 4.20. The van der Waals surface area contributed by atoms with E-state index in [0.29, 0.717) is 15.2 Å². The molecule has 6 heteroatoms. The van der Waals surface area contributed by atoms with E-state index >= 15 is 0 Å². The summed E-state index contributed by atoms with van der Waals surface area (Å²) in [7, 11) is 0. The van der Waals surface area contributed by atoms with Gasteiger partial charge in [-0.15, -0.1) is 0 Å². The summed E-state index contributed by atoms with van der Waals surface area (Å²) in [5.41, 5.74) is 0.739. The summed E-state index contributed by atoms with van der Waals surface area (Å²) in [6.45, 7) is 3.65. The molecule has 1 N–H and O–H groups in total. The first kappa shape index (κ1) is 12.6. The monoisotopic (exact) mass is 288 g/mol. The Morgan fingerprint density at radius 1 is 1.41 bits per heavy atom. The van der Waals surface area contributed by atoms with Crippen molar-refractivity contribution in [3.63, 3.8) is 0 Å². The fourth-order valence-electron chi connectivity index (χ4n) is 1.24. The van der Waals surface area contributed by atoms with Crippen molar-refractivity contribution in [1.29, 1.82) is 0 Å². The minimum atomic E-state index is -0.0823. The van der Waals surface area contributed by atoms with E-state index in [1.807, 2.05) is 13.8 Å². The van der Waals surface area contributed by atoms with E-state index in [0.717, 1.165) is 10.2 Å². The van der Waals surface area contributed by atoms with Gasteiger partial charge in [0.05, 0.1) is 20.3 Å². The molecule has 2 rings (SSSR count). The van der Waals surface area contributed by atoms with Crippen molar-refractivity contribution < 1.29 is 4.79 Å². The molecule has 0 aliphatic heterocycles. The number of thiazole rings is 1. The summed E-state index contributed by atoms with van der Waals surface area (Å²) in [4.78, 5) is 15.8. The minimum absolute atomic E-state index is 0.0636. The van der Waals surface area contributed by atoms with Crippen LogP contribution in [0.3, 0.4) is 0 Å². The van der Waals surface area contributed by atoms with Gasteiger partial charge in [-0.2, -0.15) is 0 Å². The number of hydrogen-bond donors (Lipinski definition) is 1. The summed E-state index contributed by atoms with van der Waals surface area (Å²) in [6.07, 6.45) is 0. The van der Waals surface area contributed by atoms with Gasteiger partial charge >= 0.3 is 0 Å². The first-order chi connectivity index (χ1) is 7.99. The molecule has 1 heterocycles. The lowest BCUT2D eigenvalue weighted by atomic mass is 10.2. The van der Waals surface area contributed by atoms with Crippen molar-refractivity contribution >= 4 is 55.8 Å². The maximum atomic E-state index is 11.5. The van der Waals surface area contributed by atoms with E-state index in [-0.39, 0.29) is 11.8 Å². The zero-order valence-electron chi connectivity index (χ0n) is 9.25. The number of nitrogens with zero attached hydrogens (tertiary/aromatic N) is 1. The van der Waals surface area contributed by atoms with E-state index in [2.05, 4.69) is 10.3 Å². The number of aromatic nitrogens is 1. The normalized spacial score (nSPS) is 11.1. The van der Waals surface area contributed by atoms with Crippen molar-refractivity contribution in [1.82, 2.24) is 4.98 Å². The van der Waals surface area contributed by atoms with Gasteiger partial charge < -0.3 is 5.32 Å². The van der Waals surface area contributed by atoms with Crippen LogP contribution in [0.25, 0.3) is 10.2 Å². The summed E-state index contributed by atoms with van der Waals surface area (Å²) in [5, 5.41) is 4.26. The standard InChI is InChI=1S/C11H10Cl2N2OS/c1-5(2)10(16)15-11-14-7-4-3-6(12)8(13)9(7)17-11/h3-5H,1-2H3,(H,14,15,16). The Bertz CT molecular complexity index is 580. The maximum Gasteiger partial charge on any atom is 0.228 e. The lowest BCUT2D eigenvalue weighted by molar-refractivity contribution is -0.118. The fourth-order valence-corrected chi connectivity index (χ4v) is 2.63. The van der Waals surface area contributed by atoms with Crippen molar-refractivity contribution in [2.75, 3.05) is 5.32 Å². The predicted molar refractivity (Wildman–Crippen MR) is 73.1 cm³/mol. The van der Waals surface area contributed by atoms with Gasteiger partial charge in [0, 0.05) is 5.92 Å². The lowest BCUT2D eigenvalue weighted by Crippen LogP contribution is -2.17. The Kier molecular flexibility index (Phi) is 3.56. The molecule has 1 aromatic heterocycles. The van der Waals surface area contributed by atoms with Gasteiger partial charge in [0.15, 0.2) is 5.13 Å². The van der Waals surface area contributed by atoms with Crippen molar-refractivity contribution in [2.24, 2.45) is 5.92 Å². The molecule has 0 spiro atoms. The average Bonchev–Trinajstić information content (AvgIpc) is 2.67. The van der Waals surface area contributed by atoms with Crippen LogP contribution < -0.4 is 5.32 Å². The molecule has 0 aliphatic carbocycles. The van der Waals surface area contributed by atoms with Crippen LogP contribution in [0, 0.1) is 5.92 Å². The van der Waals surface area contributed by atoms with E-state index in [1.165, 1.54) is 11.3 Å². The second-order valence-electron chi connectivity index (χ2n) is 3.87. The zero-order chi connectivity index (χ0) is 12.6. The number of nitrogens with one attached hydrogen (secondary N) is 1. The van der Waals surface area contributed by atoms with Gasteiger partial charge in [-0.1, -0.05) is 48.4 Å². The molecule has 17 heavy (non-hydrogen) atoms. The number of carbonyl (C=O) groups excluding carboxylic acids is 1. The molecule has 0 saturated heterocycles. The highest BCUT2D eigenvalue weighted by molar-refractivity contribution is 7.23. The zero-order valence-corrected chi connectivity index (χ0v) is 11.6. The highest BCUT2D eigenvalue weighted by Gasteiger charge is 2.13. The van der Waals surface area contributed by atoms with Gasteiger partial charge in [-0.05, 0) is 12.1 Å². The van der Waals surface area contributed by atoms with Gasteiger partial charge in [0.25, 0.3) is 0 Å². The second-order valence-corrected chi connectivity index (χ2v) is 5.66. The van der Waals surface area contributed by atoms with Crippen LogP contribution in [-0.4, -0.2) is 10.9 Å². The third-order valence-corrected chi connectivity index (χ3v) is 4.12. The lowest BCUT2D eigenvalue weighted by Gasteiger charge is -2.02. The minimum Gasteiger partial charge on any atom is -0.302 e. The van der Waals surface area contributed by atoms with E-state index in [1.54, 1.807) is 12.1 Å². The summed E-state index contributed by atoms with van der Waals surface area (Å²) in [6, 6.07) is 3.48.